The summed E-state index contributed by atoms with van der Waals surface area (Å²) in [6, 6.07) is 10.5. The molecule has 3 rings (SSSR count). The van der Waals surface area contributed by atoms with Crippen molar-refractivity contribution in [2.45, 2.75) is 6.92 Å². The summed E-state index contributed by atoms with van der Waals surface area (Å²) in [6.07, 6.45) is 1.50. The minimum Gasteiger partial charge on any atom is -0.507 e. The first-order valence-electron chi connectivity index (χ1n) is 8.65. The number of carbonyl (C=O) groups is 1. The molecule has 1 heterocycles. The molecule has 2 N–H and O–H groups in total. The summed E-state index contributed by atoms with van der Waals surface area (Å²) in [5.41, 5.74) is 0.271. The van der Waals surface area contributed by atoms with Crippen molar-refractivity contribution < 1.29 is 28.9 Å². The Balaban J connectivity index is 2.07. The Labute approximate surface area is 171 Å². The maximum Gasteiger partial charge on any atom is 0.344 e. The van der Waals surface area contributed by atoms with E-state index in [1.165, 1.54) is 37.5 Å². The maximum absolute atomic E-state index is 14.0. The van der Waals surface area contributed by atoms with Crippen LogP contribution in [0.1, 0.15) is 12.5 Å². The monoisotopic (exact) mass is 415 g/mol. The summed E-state index contributed by atoms with van der Waals surface area (Å²) >= 11 is 0.975. The predicted octanol–water partition coefficient (Wildman–Crippen LogP) is 4.73. The van der Waals surface area contributed by atoms with E-state index in [1.807, 2.05) is 0 Å². The van der Waals surface area contributed by atoms with Crippen molar-refractivity contribution >= 4 is 34.5 Å². The first-order chi connectivity index (χ1) is 13.9. The Morgan fingerprint density at radius 3 is 2.66 bits per heavy atom. The van der Waals surface area contributed by atoms with Gasteiger partial charge in [0.2, 0.25) is 0 Å². The summed E-state index contributed by atoms with van der Waals surface area (Å²) < 4.78 is 24.1. The molecule has 0 amide bonds. The molecule has 0 saturated heterocycles. The summed E-state index contributed by atoms with van der Waals surface area (Å²) in [5.74, 6) is -1.28. The summed E-state index contributed by atoms with van der Waals surface area (Å²) in [6.45, 7) is 1.74. The molecule has 29 heavy (non-hydrogen) atoms. The van der Waals surface area contributed by atoms with Crippen LogP contribution in [0.5, 0.6) is 11.5 Å². The number of ether oxygens (including phenoxy) is 2. The molecule has 0 bridgehead atoms. The van der Waals surface area contributed by atoms with Gasteiger partial charge in [-0.3, -0.25) is 0 Å². The van der Waals surface area contributed by atoms with Gasteiger partial charge in [0.25, 0.3) is 0 Å². The lowest BCUT2D eigenvalue weighted by atomic mass is 10.1. The molecule has 8 heteroatoms. The lowest BCUT2D eigenvalue weighted by Gasteiger charge is -2.04. The van der Waals surface area contributed by atoms with Crippen LogP contribution in [0.3, 0.4) is 0 Å². The lowest BCUT2D eigenvalue weighted by Crippen LogP contribution is -2.12. The molecule has 2 aromatic carbocycles. The number of methoxy groups -OCH3 is 1. The van der Waals surface area contributed by atoms with Crippen LogP contribution in [0.15, 0.2) is 63.7 Å². The van der Waals surface area contributed by atoms with E-state index in [-0.39, 0.29) is 39.3 Å². The zero-order valence-corrected chi connectivity index (χ0v) is 16.5. The molecule has 0 fully saturated rings. The van der Waals surface area contributed by atoms with Crippen molar-refractivity contribution in [3.05, 3.63) is 70.1 Å². The fourth-order valence-electron chi connectivity index (χ4n) is 2.56. The Bertz CT molecular complexity index is 1050. The molecule has 0 saturated carbocycles. The molecule has 0 aliphatic carbocycles. The lowest BCUT2D eigenvalue weighted by molar-refractivity contribution is -0.138. The third kappa shape index (κ3) is 4.43. The summed E-state index contributed by atoms with van der Waals surface area (Å²) in [4.78, 5) is 16.8. The number of nitrogens with zero attached hydrogens (tertiary/aromatic N) is 1. The van der Waals surface area contributed by atoms with Crippen LogP contribution >= 0.6 is 11.8 Å². The average Bonchev–Trinajstić information content (AvgIpc) is 3.00. The quantitative estimate of drug-likeness (QED) is 0.686. The van der Waals surface area contributed by atoms with E-state index in [9.17, 15) is 19.4 Å². The number of aromatic hydroxyl groups is 1. The van der Waals surface area contributed by atoms with Crippen molar-refractivity contribution in [1.29, 1.82) is 0 Å². The van der Waals surface area contributed by atoms with Gasteiger partial charge in [-0.15, -0.1) is 0 Å². The second kappa shape index (κ2) is 8.83. The van der Waals surface area contributed by atoms with Gasteiger partial charge in [-0.1, -0.05) is 23.9 Å². The number of hydrogen-bond donors (Lipinski definition) is 2. The van der Waals surface area contributed by atoms with Gasteiger partial charge in [-0.25, -0.2) is 14.2 Å². The third-order valence-electron chi connectivity index (χ3n) is 3.97. The molecule has 1 aliphatic rings. The van der Waals surface area contributed by atoms with Gasteiger partial charge < -0.3 is 19.7 Å². The Morgan fingerprint density at radius 2 is 2.00 bits per heavy atom. The fraction of sp³-hybridized carbons (Fsp3) is 0.143. The van der Waals surface area contributed by atoms with Crippen LogP contribution in [0.2, 0.25) is 0 Å². The molecule has 150 valence electrons. The minimum absolute atomic E-state index is 0.0261. The van der Waals surface area contributed by atoms with E-state index in [1.54, 1.807) is 25.1 Å². The smallest absolute Gasteiger partial charge is 0.344 e. The number of rotatable bonds is 5. The van der Waals surface area contributed by atoms with Gasteiger partial charge in [0.15, 0.2) is 0 Å². The highest BCUT2D eigenvalue weighted by Crippen LogP contribution is 2.41. The number of hydrogen-bond acceptors (Lipinski definition) is 7. The van der Waals surface area contributed by atoms with Crippen LogP contribution in [0, 0.1) is 5.82 Å². The van der Waals surface area contributed by atoms with Crippen molar-refractivity contribution in [3.8, 4) is 11.5 Å². The number of aliphatic hydroxyl groups excluding tert-OH is 1. The summed E-state index contributed by atoms with van der Waals surface area (Å²) in [7, 11) is 1.48. The van der Waals surface area contributed by atoms with Crippen molar-refractivity contribution in [1.82, 2.24) is 0 Å². The number of aliphatic hydroxyl groups is 1. The van der Waals surface area contributed by atoms with Crippen LogP contribution in [-0.2, 0) is 9.53 Å². The minimum atomic E-state index is -0.769. The van der Waals surface area contributed by atoms with E-state index >= 15 is 0 Å². The molecule has 2 aromatic rings. The fourth-order valence-corrected chi connectivity index (χ4v) is 3.58. The molecular formula is C21H18FNO5S. The zero-order valence-electron chi connectivity index (χ0n) is 15.7. The van der Waals surface area contributed by atoms with Gasteiger partial charge in [-0.05, 0) is 37.3 Å². The number of phenolic OH excluding ortho intramolecular Hbond substituents is 1. The molecule has 0 atom stereocenters. The van der Waals surface area contributed by atoms with Crippen LogP contribution < -0.4 is 4.74 Å². The normalized spacial score (nSPS) is 16.5. The Hall–Kier alpha value is -3.26. The summed E-state index contributed by atoms with van der Waals surface area (Å²) in [5, 5.41) is 20.9. The number of carbonyl (C=O) groups excluding carboxylic acids is 1. The van der Waals surface area contributed by atoms with E-state index in [0.717, 1.165) is 11.8 Å². The average molecular weight is 415 g/mol. The number of aliphatic imine (C=N–C) groups is 1. The van der Waals surface area contributed by atoms with Crippen molar-refractivity contribution in [3.63, 3.8) is 0 Å². The molecule has 6 nitrogen and oxygen atoms in total. The standard InChI is InChI=1S/C21H18FNO5S/c1-3-28-21(26)18-19(25)17(10-12-8-9-13(27-2)11-16(12)24)29-20(18)23-15-7-5-4-6-14(15)22/h4-11,24-25H,3H2,1-2H3. The number of benzene rings is 2. The SMILES string of the molecule is CCOC(=O)C1=C(O)C(=Cc2ccc(OC)cc2O)SC1=Nc1ccccc1F. The zero-order chi connectivity index (χ0) is 21.0. The van der Waals surface area contributed by atoms with Crippen LogP contribution in [-0.4, -0.2) is 34.9 Å². The number of thioether (sulfide) groups is 1. The first-order valence-corrected chi connectivity index (χ1v) is 9.47. The molecule has 0 aromatic heterocycles. The van der Waals surface area contributed by atoms with Gasteiger partial charge in [0, 0.05) is 11.6 Å². The Morgan fingerprint density at radius 1 is 1.24 bits per heavy atom. The van der Waals surface area contributed by atoms with Gasteiger partial charge in [0.1, 0.15) is 39.4 Å². The van der Waals surface area contributed by atoms with E-state index in [2.05, 4.69) is 4.99 Å². The van der Waals surface area contributed by atoms with E-state index < -0.39 is 11.8 Å². The molecular weight excluding hydrogens is 397 g/mol. The van der Waals surface area contributed by atoms with Crippen LogP contribution in [0.25, 0.3) is 6.08 Å². The van der Waals surface area contributed by atoms with E-state index in [0.29, 0.717) is 11.3 Å². The number of para-hydroxylation sites is 1. The van der Waals surface area contributed by atoms with Crippen LogP contribution in [0.4, 0.5) is 10.1 Å². The molecule has 0 spiro atoms. The number of phenols is 1. The molecule has 0 unspecified atom stereocenters. The van der Waals surface area contributed by atoms with Gasteiger partial charge in [0.05, 0.1) is 18.6 Å². The second-order valence-electron chi connectivity index (χ2n) is 5.85. The predicted molar refractivity (Wildman–Crippen MR) is 110 cm³/mol. The second-order valence-corrected chi connectivity index (χ2v) is 6.88. The highest BCUT2D eigenvalue weighted by Gasteiger charge is 2.33. The topological polar surface area (TPSA) is 88.4 Å². The molecule has 1 aliphatic heterocycles. The third-order valence-corrected chi connectivity index (χ3v) is 4.99. The largest absolute Gasteiger partial charge is 0.507 e. The van der Waals surface area contributed by atoms with Crippen molar-refractivity contribution in [2.24, 2.45) is 4.99 Å². The van der Waals surface area contributed by atoms with E-state index in [4.69, 9.17) is 9.47 Å². The number of esters is 1. The van der Waals surface area contributed by atoms with Crippen molar-refractivity contribution in [2.75, 3.05) is 13.7 Å². The maximum atomic E-state index is 14.0. The first kappa shape index (κ1) is 20.5. The van der Waals surface area contributed by atoms with Gasteiger partial charge >= 0.3 is 5.97 Å². The highest BCUT2D eigenvalue weighted by atomic mass is 32.2. The highest BCUT2D eigenvalue weighted by molar-refractivity contribution is 8.18. The molecule has 0 radical (unpaired) electrons. The Kier molecular flexibility index (Phi) is 6.23. The number of halogens is 1. The van der Waals surface area contributed by atoms with Gasteiger partial charge in [-0.2, -0.15) is 0 Å².